The van der Waals surface area contributed by atoms with Crippen molar-refractivity contribution < 1.29 is 4.42 Å². The van der Waals surface area contributed by atoms with E-state index in [1.807, 2.05) is 29.8 Å². The van der Waals surface area contributed by atoms with Crippen LogP contribution in [0.1, 0.15) is 0 Å². The van der Waals surface area contributed by atoms with Gasteiger partial charge in [-0.05, 0) is 24.3 Å². The average Bonchev–Trinajstić information content (AvgIpc) is 2.88. The molecule has 0 aliphatic heterocycles. The molecule has 3 rings (SSSR count). The van der Waals surface area contributed by atoms with Crippen LogP contribution in [0.15, 0.2) is 46.5 Å². The lowest BCUT2D eigenvalue weighted by molar-refractivity contribution is 0.583. The van der Waals surface area contributed by atoms with Crippen LogP contribution in [0.5, 0.6) is 0 Å². The van der Waals surface area contributed by atoms with Crippen molar-refractivity contribution in [2.24, 2.45) is 0 Å². The number of hydrogen-bond donors (Lipinski definition) is 0. The molecule has 68 valence electrons. The number of benzene rings is 1. The summed E-state index contributed by atoms with van der Waals surface area (Å²) in [5.41, 5.74) is 3.94. The van der Waals surface area contributed by atoms with Crippen molar-refractivity contribution in [2.45, 2.75) is 0 Å². The summed E-state index contributed by atoms with van der Waals surface area (Å²) in [6.07, 6.45) is 1.68. The van der Waals surface area contributed by atoms with Gasteiger partial charge in [-0.1, -0.05) is 6.07 Å². The second-order valence-electron chi connectivity index (χ2n) is 2.98. The Hall–Kier alpha value is -1.61. The zero-order valence-electron chi connectivity index (χ0n) is 7.31. The van der Waals surface area contributed by atoms with Crippen LogP contribution in [0.25, 0.3) is 21.5 Å². The standard InChI is InChI=1S/C11H7NOS/c1-3-8(9-4-2-6-13-9)11-10(5-1)14-7-12-11/h1-7H. The summed E-state index contributed by atoms with van der Waals surface area (Å²) in [5, 5.41) is 0. The lowest BCUT2D eigenvalue weighted by Gasteiger charge is -1.96. The minimum Gasteiger partial charge on any atom is -0.464 e. The van der Waals surface area contributed by atoms with Gasteiger partial charge in [0.2, 0.25) is 0 Å². The second-order valence-corrected chi connectivity index (χ2v) is 3.87. The van der Waals surface area contributed by atoms with E-state index in [0.717, 1.165) is 16.8 Å². The zero-order valence-corrected chi connectivity index (χ0v) is 8.12. The third-order valence-electron chi connectivity index (χ3n) is 2.15. The smallest absolute Gasteiger partial charge is 0.136 e. The second kappa shape index (κ2) is 2.96. The van der Waals surface area contributed by atoms with Crippen molar-refractivity contribution in [1.29, 1.82) is 0 Å². The van der Waals surface area contributed by atoms with Gasteiger partial charge in [0.1, 0.15) is 5.76 Å². The van der Waals surface area contributed by atoms with Gasteiger partial charge in [-0.3, -0.25) is 0 Å². The molecular weight excluding hydrogens is 194 g/mol. The van der Waals surface area contributed by atoms with E-state index in [1.165, 1.54) is 4.70 Å². The number of furan rings is 1. The van der Waals surface area contributed by atoms with Crippen molar-refractivity contribution in [3.63, 3.8) is 0 Å². The monoisotopic (exact) mass is 201 g/mol. The molecule has 0 spiro atoms. The van der Waals surface area contributed by atoms with E-state index in [-0.39, 0.29) is 0 Å². The quantitative estimate of drug-likeness (QED) is 0.601. The molecule has 0 fully saturated rings. The highest BCUT2D eigenvalue weighted by Gasteiger charge is 2.07. The Morgan fingerprint density at radius 2 is 2.14 bits per heavy atom. The molecule has 1 aromatic carbocycles. The van der Waals surface area contributed by atoms with Crippen LogP contribution in [-0.4, -0.2) is 4.98 Å². The number of nitrogens with zero attached hydrogens (tertiary/aromatic N) is 1. The fraction of sp³-hybridized carbons (Fsp3) is 0. The van der Waals surface area contributed by atoms with Crippen LogP contribution in [0.3, 0.4) is 0 Å². The van der Waals surface area contributed by atoms with E-state index in [0.29, 0.717) is 0 Å². The molecule has 0 aliphatic carbocycles. The van der Waals surface area contributed by atoms with E-state index < -0.39 is 0 Å². The van der Waals surface area contributed by atoms with Crippen LogP contribution in [0.4, 0.5) is 0 Å². The van der Waals surface area contributed by atoms with E-state index in [1.54, 1.807) is 17.6 Å². The first-order chi connectivity index (χ1) is 6.95. The Morgan fingerprint density at radius 1 is 1.14 bits per heavy atom. The predicted molar refractivity (Wildman–Crippen MR) is 57.3 cm³/mol. The minimum atomic E-state index is 0.876. The molecule has 0 aliphatic rings. The first-order valence-electron chi connectivity index (χ1n) is 4.31. The Bertz CT molecular complexity index is 553. The Kier molecular flexibility index (Phi) is 1.64. The molecule has 14 heavy (non-hydrogen) atoms. The maximum Gasteiger partial charge on any atom is 0.136 e. The first-order valence-corrected chi connectivity index (χ1v) is 5.19. The molecule has 0 bridgehead atoms. The number of aromatic nitrogens is 1. The molecular formula is C11H7NOS. The summed E-state index contributed by atoms with van der Waals surface area (Å²) in [5.74, 6) is 0.876. The summed E-state index contributed by atoms with van der Waals surface area (Å²) >= 11 is 1.65. The molecule has 0 saturated carbocycles. The van der Waals surface area contributed by atoms with Gasteiger partial charge < -0.3 is 4.42 Å². The van der Waals surface area contributed by atoms with Crippen molar-refractivity contribution in [3.05, 3.63) is 42.1 Å². The highest BCUT2D eigenvalue weighted by molar-refractivity contribution is 7.16. The van der Waals surface area contributed by atoms with Gasteiger partial charge in [0, 0.05) is 5.56 Å². The topological polar surface area (TPSA) is 26.0 Å². The molecule has 2 heterocycles. The molecule has 0 atom stereocenters. The fourth-order valence-corrected chi connectivity index (χ4v) is 2.22. The summed E-state index contributed by atoms with van der Waals surface area (Å²) in [6.45, 7) is 0. The first kappa shape index (κ1) is 7.76. The molecule has 2 nitrogen and oxygen atoms in total. The van der Waals surface area contributed by atoms with Crippen molar-refractivity contribution in [3.8, 4) is 11.3 Å². The fourth-order valence-electron chi connectivity index (χ4n) is 1.52. The van der Waals surface area contributed by atoms with Gasteiger partial charge in [0.25, 0.3) is 0 Å². The van der Waals surface area contributed by atoms with Crippen molar-refractivity contribution in [1.82, 2.24) is 4.98 Å². The number of fused-ring (bicyclic) bond motifs is 1. The van der Waals surface area contributed by atoms with Crippen molar-refractivity contribution in [2.75, 3.05) is 0 Å². The van der Waals surface area contributed by atoms with Gasteiger partial charge in [-0.2, -0.15) is 0 Å². The van der Waals surface area contributed by atoms with Crippen LogP contribution in [0.2, 0.25) is 0 Å². The van der Waals surface area contributed by atoms with Gasteiger partial charge in [0.05, 0.1) is 22.0 Å². The summed E-state index contributed by atoms with van der Waals surface area (Å²) in [4.78, 5) is 4.33. The predicted octanol–water partition coefficient (Wildman–Crippen LogP) is 3.56. The largest absolute Gasteiger partial charge is 0.464 e. The molecule has 0 unspecified atom stereocenters. The number of para-hydroxylation sites is 1. The summed E-state index contributed by atoms with van der Waals surface area (Å²) < 4.78 is 6.56. The Labute approximate surface area is 84.8 Å². The lowest BCUT2D eigenvalue weighted by atomic mass is 10.1. The van der Waals surface area contributed by atoms with E-state index >= 15 is 0 Å². The van der Waals surface area contributed by atoms with Gasteiger partial charge in [0.15, 0.2) is 0 Å². The summed E-state index contributed by atoms with van der Waals surface area (Å²) in [6, 6.07) is 9.97. The maximum absolute atomic E-state index is 5.36. The molecule has 0 N–H and O–H groups in total. The molecule has 0 radical (unpaired) electrons. The van der Waals surface area contributed by atoms with Gasteiger partial charge >= 0.3 is 0 Å². The SMILES string of the molecule is c1coc(-c2cccc3scnc23)c1. The molecule has 0 amide bonds. The van der Waals surface area contributed by atoms with E-state index in [2.05, 4.69) is 11.1 Å². The normalized spacial score (nSPS) is 10.9. The Balaban J connectivity index is 2.36. The van der Waals surface area contributed by atoms with Crippen LogP contribution < -0.4 is 0 Å². The highest BCUT2D eigenvalue weighted by atomic mass is 32.1. The number of hydrogen-bond acceptors (Lipinski definition) is 3. The van der Waals surface area contributed by atoms with E-state index in [9.17, 15) is 0 Å². The average molecular weight is 201 g/mol. The molecule has 3 heteroatoms. The third kappa shape index (κ3) is 1.06. The number of rotatable bonds is 1. The Morgan fingerprint density at radius 3 is 3.00 bits per heavy atom. The maximum atomic E-state index is 5.36. The van der Waals surface area contributed by atoms with Crippen molar-refractivity contribution >= 4 is 21.6 Å². The van der Waals surface area contributed by atoms with Gasteiger partial charge in [-0.25, -0.2) is 4.98 Å². The van der Waals surface area contributed by atoms with Gasteiger partial charge in [-0.15, -0.1) is 11.3 Å². The van der Waals surface area contributed by atoms with E-state index in [4.69, 9.17) is 4.42 Å². The van der Waals surface area contributed by atoms with Crippen LogP contribution in [-0.2, 0) is 0 Å². The minimum absolute atomic E-state index is 0.876. The van der Waals surface area contributed by atoms with Crippen LogP contribution in [0, 0.1) is 0 Å². The molecule has 2 aromatic heterocycles. The summed E-state index contributed by atoms with van der Waals surface area (Å²) in [7, 11) is 0. The molecule has 3 aromatic rings. The lowest BCUT2D eigenvalue weighted by Crippen LogP contribution is -1.75. The highest BCUT2D eigenvalue weighted by Crippen LogP contribution is 2.29. The third-order valence-corrected chi connectivity index (χ3v) is 2.94. The zero-order chi connectivity index (χ0) is 9.38. The van der Waals surface area contributed by atoms with Crippen LogP contribution >= 0.6 is 11.3 Å². The number of thiazole rings is 1. The molecule has 0 saturated heterocycles.